The molecular formula is C15H22F2O5S. The Morgan fingerprint density at radius 1 is 1.17 bits per heavy atom. The molecule has 2 bridgehead atoms. The van der Waals surface area contributed by atoms with Gasteiger partial charge in [0, 0.05) is 0 Å². The molecule has 0 spiro atoms. The van der Waals surface area contributed by atoms with Crippen LogP contribution in [0.2, 0.25) is 0 Å². The van der Waals surface area contributed by atoms with E-state index >= 15 is 0 Å². The molecule has 0 aromatic heterocycles. The highest BCUT2D eigenvalue weighted by Crippen LogP contribution is 2.59. The number of alkyl halides is 2. The first-order valence-corrected chi connectivity index (χ1v) is 9.57. The fourth-order valence-electron chi connectivity index (χ4n) is 5.07. The van der Waals surface area contributed by atoms with Crippen molar-refractivity contribution in [2.75, 3.05) is 6.61 Å². The van der Waals surface area contributed by atoms with E-state index in [0.29, 0.717) is 17.8 Å². The van der Waals surface area contributed by atoms with E-state index in [0.717, 1.165) is 18.8 Å². The standard InChI is InChI=1S/C15H22F2O5S/c1-8-4-12-9-2-3-10(5-9)13(12)6-11(8)7-22-14(18)15(16,17)23(19,20)21/h8-13H,2-7H2,1H3,(H,19,20,21). The number of carbonyl (C=O) groups is 1. The van der Waals surface area contributed by atoms with E-state index in [2.05, 4.69) is 4.74 Å². The second-order valence-electron chi connectivity index (χ2n) is 7.46. The molecule has 0 aromatic rings. The zero-order chi connectivity index (χ0) is 17.0. The molecule has 8 heteroatoms. The van der Waals surface area contributed by atoms with E-state index in [1.807, 2.05) is 6.92 Å². The van der Waals surface area contributed by atoms with Crippen LogP contribution in [0, 0.1) is 35.5 Å². The van der Waals surface area contributed by atoms with E-state index in [4.69, 9.17) is 4.55 Å². The minimum Gasteiger partial charge on any atom is -0.460 e. The predicted molar refractivity (Wildman–Crippen MR) is 77.2 cm³/mol. The van der Waals surface area contributed by atoms with Crippen LogP contribution in [0.5, 0.6) is 0 Å². The van der Waals surface area contributed by atoms with Crippen LogP contribution in [-0.4, -0.2) is 30.8 Å². The van der Waals surface area contributed by atoms with Crippen molar-refractivity contribution in [3.05, 3.63) is 0 Å². The summed E-state index contributed by atoms with van der Waals surface area (Å²) in [6.45, 7) is 1.81. The summed E-state index contributed by atoms with van der Waals surface area (Å²) in [6.07, 6.45) is 5.64. The average molecular weight is 352 g/mol. The number of carbonyl (C=O) groups excluding carboxylic acids is 1. The molecule has 3 fully saturated rings. The van der Waals surface area contributed by atoms with Crippen molar-refractivity contribution in [2.24, 2.45) is 35.5 Å². The second-order valence-corrected chi connectivity index (χ2v) is 8.92. The van der Waals surface area contributed by atoms with Gasteiger partial charge in [-0.15, -0.1) is 0 Å². The van der Waals surface area contributed by atoms with Gasteiger partial charge < -0.3 is 4.74 Å². The van der Waals surface area contributed by atoms with Gasteiger partial charge in [-0.2, -0.15) is 17.2 Å². The van der Waals surface area contributed by atoms with Gasteiger partial charge in [-0.3, -0.25) is 4.55 Å². The Labute approximate surface area is 134 Å². The van der Waals surface area contributed by atoms with Crippen molar-refractivity contribution in [3.8, 4) is 0 Å². The highest BCUT2D eigenvalue weighted by atomic mass is 32.2. The minimum atomic E-state index is -5.80. The van der Waals surface area contributed by atoms with Crippen molar-refractivity contribution in [1.82, 2.24) is 0 Å². The van der Waals surface area contributed by atoms with Crippen LogP contribution in [0.3, 0.4) is 0 Å². The molecule has 3 saturated carbocycles. The lowest BCUT2D eigenvalue weighted by molar-refractivity contribution is -0.164. The largest absolute Gasteiger partial charge is 0.465 e. The van der Waals surface area contributed by atoms with Crippen LogP contribution < -0.4 is 0 Å². The Kier molecular flexibility index (Phi) is 4.20. The van der Waals surface area contributed by atoms with Gasteiger partial charge in [-0.05, 0) is 67.6 Å². The third kappa shape index (κ3) is 2.88. The van der Waals surface area contributed by atoms with Crippen LogP contribution in [0.4, 0.5) is 8.78 Å². The van der Waals surface area contributed by atoms with Gasteiger partial charge in [-0.25, -0.2) is 4.79 Å². The maximum absolute atomic E-state index is 13.2. The van der Waals surface area contributed by atoms with E-state index in [1.54, 1.807) is 0 Å². The predicted octanol–water partition coefficient (Wildman–Crippen LogP) is 2.72. The Balaban J connectivity index is 1.60. The highest BCUT2D eigenvalue weighted by Gasteiger charge is 2.55. The lowest BCUT2D eigenvalue weighted by atomic mass is 9.64. The number of hydrogen-bond acceptors (Lipinski definition) is 4. The molecule has 5 nitrogen and oxygen atoms in total. The van der Waals surface area contributed by atoms with Crippen LogP contribution in [0.1, 0.15) is 39.0 Å². The van der Waals surface area contributed by atoms with Crippen molar-refractivity contribution in [2.45, 2.75) is 44.3 Å². The first-order chi connectivity index (χ1) is 10.6. The van der Waals surface area contributed by atoms with Crippen molar-refractivity contribution < 1.29 is 31.3 Å². The second kappa shape index (κ2) is 5.65. The van der Waals surface area contributed by atoms with Crippen LogP contribution in [0.25, 0.3) is 0 Å². The molecule has 0 heterocycles. The average Bonchev–Trinajstić information content (AvgIpc) is 3.04. The molecule has 0 aromatic carbocycles. The van der Waals surface area contributed by atoms with Gasteiger partial charge in [0.2, 0.25) is 0 Å². The fraction of sp³-hybridized carbons (Fsp3) is 0.933. The molecule has 23 heavy (non-hydrogen) atoms. The summed E-state index contributed by atoms with van der Waals surface area (Å²) in [6, 6.07) is 0. The van der Waals surface area contributed by atoms with Crippen molar-refractivity contribution in [3.63, 3.8) is 0 Å². The zero-order valence-electron chi connectivity index (χ0n) is 13.0. The zero-order valence-corrected chi connectivity index (χ0v) is 13.8. The summed E-state index contributed by atoms with van der Waals surface area (Å²) in [4.78, 5) is 11.3. The van der Waals surface area contributed by atoms with Crippen LogP contribution in [-0.2, 0) is 19.6 Å². The Morgan fingerprint density at radius 3 is 2.30 bits per heavy atom. The molecule has 0 saturated heterocycles. The van der Waals surface area contributed by atoms with E-state index in [9.17, 15) is 22.0 Å². The molecule has 1 N–H and O–H groups in total. The maximum atomic E-state index is 13.2. The third-order valence-electron chi connectivity index (χ3n) is 6.29. The summed E-state index contributed by atoms with van der Waals surface area (Å²) >= 11 is 0. The third-order valence-corrected chi connectivity index (χ3v) is 7.10. The van der Waals surface area contributed by atoms with Gasteiger partial charge in [-0.1, -0.05) is 6.92 Å². The van der Waals surface area contributed by atoms with Gasteiger partial charge in [0.1, 0.15) is 0 Å². The van der Waals surface area contributed by atoms with Gasteiger partial charge in [0.15, 0.2) is 0 Å². The van der Waals surface area contributed by atoms with E-state index in [1.165, 1.54) is 19.3 Å². The number of hydrogen-bond donors (Lipinski definition) is 1. The Bertz CT molecular complexity index is 591. The number of halogens is 2. The molecule has 0 aliphatic heterocycles. The molecule has 3 rings (SSSR count). The number of esters is 1. The Morgan fingerprint density at radius 2 is 1.74 bits per heavy atom. The molecule has 0 amide bonds. The van der Waals surface area contributed by atoms with E-state index in [-0.39, 0.29) is 18.4 Å². The minimum absolute atomic E-state index is 0.0308. The molecule has 0 radical (unpaired) electrons. The summed E-state index contributed by atoms with van der Waals surface area (Å²) < 4.78 is 60.5. The smallest absolute Gasteiger partial charge is 0.460 e. The van der Waals surface area contributed by atoms with Gasteiger partial charge in [0.05, 0.1) is 6.61 Å². The fourth-order valence-corrected chi connectivity index (χ4v) is 5.34. The summed E-state index contributed by atoms with van der Waals surface area (Å²) in [5.74, 6) is 0.808. The highest BCUT2D eigenvalue weighted by molar-refractivity contribution is 7.87. The molecule has 6 atom stereocenters. The Hall–Kier alpha value is -0.760. The number of rotatable bonds is 4. The van der Waals surface area contributed by atoms with Crippen LogP contribution in [0.15, 0.2) is 0 Å². The summed E-state index contributed by atoms with van der Waals surface area (Å²) in [5, 5.41) is -4.90. The van der Waals surface area contributed by atoms with Crippen molar-refractivity contribution >= 4 is 16.1 Å². The number of ether oxygens (including phenoxy) is 1. The molecule has 132 valence electrons. The molecular weight excluding hydrogens is 330 g/mol. The van der Waals surface area contributed by atoms with Crippen LogP contribution >= 0.6 is 0 Å². The lowest BCUT2D eigenvalue weighted by Gasteiger charge is -2.42. The van der Waals surface area contributed by atoms with E-state index < -0.39 is 21.3 Å². The van der Waals surface area contributed by atoms with Gasteiger partial charge >= 0.3 is 21.3 Å². The first kappa shape index (κ1) is 17.1. The summed E-state index contributed by atoms with van der Waals surface area (Å²) in [5.41, 5.74) is 0. The topological polar surface area (TPSA) is 80.7 Å². The summed E-state index contributed by atoms with van der Waals surface area (Å²) in [7, 11) is -5.80. The normalized spacial score (nSPS) is 40.0. The number of fused-ring (bicyclic) bond motifs is 5. The first-order valence-electron chi connectivity index (χ1n) is 8.13. The monoisotopic (exact) mass is 352 g/mol. The quantitative estimate of drug-likeness (QED) is 0.621. The van der Waals surface area contributed by atoms with Gasteiger partial charge in [0.25, 0.3) is 0 Å². The molecule has 3 aliphatic rings. The lowest BCUT2D eigenvalue weighted by Crippen LogP contribution is -2.41. The SMILES string of the molecule is CC1CC2C3CCC(C3)C2CC1COC(=O)C(F)(F)S(=O)(=O)O. The van der Waals surface area contributed by atoms with Crippen molar-refractivity contribution in [1.29, 1.82) is 0 Å². The molecule has 3 aliphatic carbocycles. The molecule has 6 unspecified atom stereocenters. The maximum Gasteiger partial charge on any atom is 0.465 e.